The molecule has 14 aromatic rings. The molecule has 15 rings (SSSR count). The second kappa shape index (κ2) is 38.0. The van der Waals surface area contributed by atoms with E-state index in [1.807, 2.05) is 98.8 Å². The molecule has 0 spiro atoms. The van der Waals surface area contributed by atoms with Crippen LogP contribution in [0.15, 0.2) is 175 Å². The second-order valence-electron chi connectivity index (χ2n) is 36.3. The van der Waals surface area contributed by atoms with Crippen molar-refractivity contribution < 1.29 is 10.2 Å². The molecule has 4 aromatic heterocycles. The van der Waals surface area contributed by atoms with Crippen LogP contribution in [0.4, 0.5) is 0 Å². The molecule has 8 heteroatoms. The molecule has 0 unspecified atom stereocenters. The van der Waals surface area contributed by atoms with E-state index in [9.17, 15) is 0 Å². The fraction of sp³-hybridized carbons (Fsp3) is 0.391. The normalized spacial score (nSPS) is 13.6. The lowest BCUT2D eigenvalue weighted by atomic mass is 9.86. The van der Waals surface area contributed by atoms with Crippen molar-refractivity contribution in [2.24, 2.45) is 4.99 Å². The molecule has 0 saturated heterocycles. The first-order valence-electron chi connectivity index (χ1n) is 44.7. The van der Waals surface area contributed by atoms with Crippen LogP contribution in [0.2, 0.25) is 0 Å². The molecule has 618 valence electrons. The largest absolute Gasteiger partial charge is 0.475 e. The van der Waals surface area contributed by atoms with E-state index in [0.717, 1.165) is 88.1 Å². The summed E-state index contributed by atoms with van der Waals surface area (Å²) in [6.45, 7) is 66.9. The summed E-state index contributed by atoms with van der Waals surface area (Å²) in [5.41, 5.74) is 34.5. The predicted octanol–water partition coefficient (Wildman–Crippen LogP) is 35.0. The number of hydrogen-bond acceptors (Lipinski definition) is 8. The predicted molar refractivity (Wildman–Crippen MR) is 527 cm³/mol. The van der Waals surface area contributed by atoms with E-state index in [1.165, 1.54) is 123 Å². The highest BCUT2D eigenvalue weighted by atomic mass is 32.1. The van der Waals surface area contributed by atoms with Gasteiger partial charge in [-0.1, -0.05) is 248 Å². The average Bonchev–Trinajstić information content (AvgIpc) is 0.933. The number of benzene rings is 10. The summed E-state index contributed by atoms with van der Waals surface area (Å²) in [6, 6.07) is 62.3. The molecule has 0 N–H and O–H groups in total. The molecule has 1 aliphatic heterocycles. The fourth-order valence-corrected chi connectivity index (χ4v) is 20.4. The molecule has 118 heavy (non-hydrogen) atoms. The van der Waals surface area contributed by atoms with Gasteiger partial charge in [-0.05, 0) is 346 Å². The van der Waals surface area contributed by atoms with Crippen LogP contribution in [0.3, 0.4) is 0 Å². The van der Waals surface area contributed by atoms with E-state index in [4.69, 9.17) is 10.2 Å². The lowest BCUT2D eigenvalue weighted by Crippen LogP contribution is -2.17. The highest BCUT2D eigenvalue weighted by Crippen LogP contribution is 2.42. The Labute approximate surface area is 731 Å². The van der Waals surface area contributed by atoms with Gasteiger partial charge in [0.15, 0.2) is 0 Å². The van der Waals surface area contributed by atoms with Crippen LogP contribution in [0.5, 0.6) is 0 Å². The van der Waals surface area contributed by atoms with Gasteiger partial charge < -0.3 is 4.74 Å². The van der Waals surface area contributed by atoms with Gasteiger partial charge in [0, 0.05) is 30.2 Å². The summed E-state index contributed by atoms with van der Waals surface area (Å²) in [7, 11) is 0. The first-order valence-corrected chi connectivity index (χ1v) is 45.9. The van der Waals surface area contributed by atoms with Crippen molar-refractivity contribution in [1.29, 1.82) is 0 Å². The number of nitrogens with zero attached hydrogens (tertiary/aromatic N) is 3. The van der Waals surface area contributed by atoms with Crippen LogP contribution >= 0.6 is 45.3 Å². The summed E-state index contributed by atoms with van der Waals surface area (Å²) >= 11 is 7.16. The Balaban J connectivity index is 0.000000149. The third kappa shape index (κ3) is 21.0. The smallest absolute Gasteiger partial charge is 0.216 e. The lowest BCUT2D eigenvalue weighted by molar-refractivity contribution is 0.279. The first-order chi connectivity index (χ1) is 56.8. The maximum Gasteiger partial charge on any atom is 0.216 e. The van der Waals surface area contributed by atoms with Crippen molar-refractivity contribution in [3.05, 3.63) is 279 Å². The quantitative estimate of drug-likeness (QED) is 0.0969. The van der Waals surface area contributed by atoms with Crippen LogP contribution in [0, 0.1) is 62.3 Å². The minimum Gasteiger partial charge on any atom is -0.475 e. The number of thiophene rings is 2. The van der Waals surface area contributed by atoms with Crippen molar-refractivity contribution in [1.82, 2.24) is 9.97 Å². The molecule has 0 atom stereocenters. The molecule has 10 aromatic carbocycles. The number of aromatic nitrogens is 2. The van der Waals surface area contributed by atoms with E-state index in [2.05, 4.69) is 323 Å². The summed E-state index contributed by atoms with van der Waals surface area (Å²) in [4.78, 5) is 16.6. The van der Waals surface area contributed by atoms with Crippen molar-refractivity contribution in [3.63, 3.8) is 0 Å². The monoisotopic (exact) mass is 1640 g/mol. The Bertz CT molecular complexity index is 5700. The standard InChI is InChI=1S/C24H31NO.2C22H26S.2C21H25NS/c1-15(2)21-12-20(13-22(16(3)4)17(21)5)18-8-10-19(11-9-18)23-25-24(6,7)14-26-23;2*1-13(2)20-10-19(11-21(14(3)4)16(20)6)17-7-8-18-9-15(5)23-22(18)12-17;2*1-12(2)18-9-17(10-19(13(3)4)14(18)5)16-7-8-21-20(11-16)22-15(6)23-21/h8-13,15-16H,14H2,1-7H3;2*7-14H,1-6H3;2*7-13H,1-6H3/i;13D,14D;;12D,13D;. The number of aliphatic imine (C=N–C) groups is 1. The van der Waals surface area contributed by atoms with Crippen LogP contribution in [-0.4, -0.2) is 28.0 Å². The molecule has 0 bridgehead atoms. The number of aryl methyl sites for hydroxylation is 4. The Hall–Kier alpha value is -8.63. The third-order valence-corrected chi connectivity index (χ3v) is 27.1. The summed E-state index contributed by atoms with van der Waals surface area (Å²) < 4.78 is 45.1. The Kier molecular flexibility index (Phi) is 27.2. The van der Waals surface area contributed by atoms with E-state index in [-0.39, 0.29) is 5.54 Å². The lowest BCUT2D eigenvalue weighted by Gasteiger charge is -2.19. The minimum atomic E-state index is -0.707. The molecular weight excluding hydrogens is 1510 g/mol. The van der Waals surface area contributed by atoms with Gasteiger partial charge in [0.2, 0.25) is 5.90 Å². The Morgan fingerprint density at radius 1 is 0.280 bits per heavy atom. The van der Waals surface area contributed by atoms with Gasteiger partial charge in [0.25, 0.3) is 0 Å². The minimum absolute atomic E-state index is 0.122. The van der Waals surface area contributed by atoms with Crippen LogP contribution in [0.25, 0.3) is 96.2 Å². The van der Waals surface area contributed by atoms with Crippen LogP contribution in [-0.2, 0) is 4.74 Å². The van der Waals surface area contributed by atoms with Crippen molar-refractivity contribution in [2.45, 2.75) is 279 Å². The highest BCUT2D eigenvalue weighted by Gasteiger charge is 2.28. The molecule has 0 aliphatic carbocycles. The topological polar surface area (TPSA) is 47.4 Å². The molecule has 0 fully saturated rings. The van der Waals surface area contributed by atoms with Crippen LogP contribution in [0.1, 0.15) is 326 Å². The van der Waals surface area contributed by atoms with E-state index in [0.29, 0.717) is 42.1 Å². The van der Waals surface area contributed by atoms with Gasteiger partial charge in [-0.2, -0.15) is 0 Å². The molecular formula is C110H133N3OS4. The maximum absolute atomic E-state index is 8.55. The number of fused-ring (bicyclic) bond motifs is 4. The highest BCUT2D eigenvalue weighted by molar-refractivity contribution is 7.19. The summed E-state index contributed by atoms with van der Waals surface area (Å²) in [6.07, 6.45) is 0. The van der Waals surface area contributed by atoms with Gasteiger partial charge >= 0.3 is 0 Å². The zero-order chi connectivity index (χ0) is 89.6. The molecule has 0 radical (unpaired) electrons. The Morgan fingerprint density at radius 2 is 0.534 bits per heavy atom. The first kappa shape index (κ1) is 84.4. The van der Waals surface area contributed by atoms with Gasteiger partial charge in [0.05, 0.1) is 36.0 Å². The van der Waals surface area contributed by atoms with Gasteiger partial charge in [-0.25, -0.2) is 15.0 Å². The van der Waals surface area contributed by atoms with Crippen molar-refractivity contribution in [3.8, 4) is 55.6 Å². The number of rotatable bonds is 16. The third-order valence-electron chi connectivity index (χ3n) is 23.2. The van der Waals surface area contributed by atoms with E-state index >= 15 is 0 Å². The molecule has 4 nitrogen and oxygen atoms in total. The number of ether oxygens (including phenoxy) is 1. The van der Waals surface area contributed by atoms with Gasteiger partial charge in [-0.3, -0.25) is 0 Å². The number of hydrogen-bond donors (Lipinski definition) is 0. The number of thiazole rings is 2. The maximum atomic E-state index is 8.55. The van der Waals surface area contributed by atoms with Crippen molar-refractivity contribution >= 4 is 91.9 Å². The van der Waals surface area contributed by atoms with Crippen LogP contribution < -0.4 is 0 Å². The average molecular weight is 1650 g/mol. The molecule has 0 saturated carbocycles. The zero-order valence-electron chi connectivity index (χ0n) is 80.7. The molecule has 0 amide bonds. The summed E-state index contributed by atoms with van der Waals surface area (Å²) in [5.74, 6) is 1.20. The second-order valence-corrected chi connectivity index (χ2v) is 41.4. The fourth-order valence-electron chi connectivity index (χ4n) is 16.9. The molecule has 5 heterocycles. The molecule has 1 aliphatic rings. The SMILES string of the molecule is Cc1c(C(C)C)cc(-c2ccc(C3=NC(C)(C)CO3)cc2)cc1C(C)C.Cc1cc2ccc(-c3cc(C(C)C)c(C)c(C(C)C)c3)cc2s1.Cc1nc2cc(-c3cc(C(C)C)c(C)c(C(C)C)c3)ccc2s1.[2H]C(C)(C)c1cc(-c2ccc3cc(C)sc3c2)cc(C([2H])(C)C)c1C.[2H]C(C)(C)c1cc(-c2ccc3sc(C)nc3c2)cc(C([2H])(C)C)c1C. The van der Waals surface area contributed by atoms with Crippen molar-refractivity contribution in [2.75, 3.05) is 6.61 Å². The van der Waals surface area contributed by atoms with Gasteiger partial charge in [0.1, 0.15) is 6.61 Å². The Morgan fingerprint density at radius 3 is 0.814 bits per heavy atom. The van der Waals surface area contributed by atoms with Gasteiger partial charge in [-0.15, -0.1) is 45.3 Å². The summed E-state index contributed by atoms with van der Waals surface area (Å²) in [5, 5.41) is 4.83. The van der Waals surface area contributed by atoms with E-state index in [1.54, 1.807) is 22.7 Å². The van der Waals surface area contributed by atoms with E-state index < -0.39 is 23.6 Å². The zero-order valence-corrected chi connectivity index (χ0v) is 80.0.